The number of anilines is 2. The molecule has 0 fully saturated rings. The minimum absolute atomic E-state index is 0.0186. The highest BCUT2D eigenvalue weighted by atomic mass is 16.1. The fraction of sp³-hybridized carbons (Fsp3) is 0.231. The minimum atomic E-state index is 0.0186. The summed E-state index contributed by atoms with van der Waals surface area (Å²) in [6.45, 7) is 0.586. The van der Waals surface area contributed by atoms with Gasteiger partial charge in [-0.1, -0.05) is 0 Å². The van der Waals surface area contributed by atoms with Crippen molar-refractivity contribution in [2.45, 2.75) is 6.42 Å². The van der Waals surface area contributed by atoms with Crippen molar-refractivity contribution in [2.24, 2.45) is 0 Å². The van der Waals surface area contributed by atoms with Gasteiger partial charge in [0.25, 0.3) is 0 Å². The van der Waals surface area contributed by atoms with Gasteiger partial charge in [-0.15, -0.1) is 0 Å². The van der Waals surface area contributed by atoms with E-state index < -0.39 is 0 Å². The molecule has 1 amide bonds. The number of pyridine rings is 1. The lowest BCUT2D eigenvalue weighted by atomic mass is 10.1. The summed E-state index contributed by atoms with van der Waals surface area (Å²) < 4.78 is 0. The van der Waals surface area contributed by atoms with Crippen molar-refractivity contribution in [3.8, 4) is 0 Å². The van der Waals surface area contributed by atoms with Crippen LogP contribution in [0, 0.1) is 0 Å². The Hall–Kier alpha value is -2.30. The number of rotatable bonds is 4. The maximum atomic E-state index is 11.1. The van der Waals surface area contributed by atoms with Crippen molar-refractivity contribution < 1.29 is 4.79 Å². The summed E-state index contributed by atoms with van der Waals surface area (Å²) in [6, 6.07) is 7.50. The zero-order valence-electron chi connectivity index (χ0n) is 10.2. The first-order chi connectivity index (χ1) is 8.70. The molecule has 0 spiro atoms. The summed E-state index contributed by atoms with van der Waals surface area (Å²) in [7, 11) is 1.63. The molecule has 0 atom stereocenters. The van der Waals surface area contributed by atoms with Gasteiger partial charge in [0, 0.05) is 43.0 Å². The Balaban J connectivity index is 2.15. The summed E-state index contributed by atoms with van der Waals surface area (Å²) in [5, 5.41) is 6.82. The third kappa shape index (κ3) is 2.68. The van der Waals surface area contributed by atoms with Crippen molar-refractivity contribution in [3.63, 3.8) is 0 Å². The lowest BCUT2D eigenvalue weighted by Gasteiger charge is -2.09. The summed E-state index contributed by atoms with van der Waals surface area (Å²) in [5.41, 5.74) is 8.22. The maximum Gasteiger partial charge on any atom is 0.221 e. The fourth-order valence-electron chi connectivity index (χ4n) is 1.75. The number of nitrogens with one attached hydrogen (secondary N) is 2. The van der Waals surface area contributed by atoms with Crippen molar-refractivity contribution in [1.29, 1.82) is 0 Å². The van der Waals surface area contributed by atoms with Crippen molar-refractivity contribution >= 4 is 28.2 Å². The largest absolute Gasteiger partial charge is 0.399 e. The highest BCUT2D eigenvalue weighted by Crippen LogP contribution is 2.23. The first-order valence-corrected chi connectivity index (χ1v) is 5.79. The quantitative estimate of drug-likeness (QED) is 0.709. The summed E-state index contributed by atoms with van der Waals surface area (Å²) in [4.78, 5) is 15.4. The Morgan fingerprint density at radius 1 is 1.39 bits per heavy atom. The Labute approximate surface area is 105 Å². The number of aromatic nitrogens is 1. The Bertz CT molecular complexity index is 568. The van der Waals surface area contributed by atoms with Crippen LogP contribution in [0.1, 0.15) is 6.42 Å². The standard InChI is InChI=1S/C13H16N4O/c1-15-13(18)5-7-16-11-4-6-17-12-8-9(14)2-3-10(11)12/h2-4,6,8H,5,7,14H2,1H3,(H,15,18)(H,16,17). The molecule has 0 saturated carbocycles. The predicted octanol–water partition coefficient (Wildman–Crippen LogP) is 1.36. The van der Waals surface area contributed by atoms with E-state index in [-0.39, 0.29) is 5.91 Å². The van der Waals surface area contributed by atoms with Crippen LogP contribution in [0.15, 0.2) is 30.5 Å². The normalized spacial score (nSPS) is 10.3. The number of benzene rings is 1. The smallest absolute Gasteiger partial charge is 0.221 e. The van der Waals surface area contributed by atoms with Crippen LogP contribution in [-0.2, 0) is 4.79 Å². The SMILES string of the molecule is CNC(=O)CCNc1ccnc2cc(N)ccc12. The van der Waals surface area contributed by atoms with Gasteiger partial charge in [0.05, 0.1) is 5.52 Å². The number of amides is 1. The average Bonchev–Trinajstić information content (AvgIpc) is 2.38. The molecule has 0 radical (unpaired) electrons. The second-order valence-corrected chi connectivity index (χ2v) is 3.99. The van der Waals surface area contributed by atoms with Gasteiger partial charge in [0.1, 0.15) is 0 Å². The third-order valence-electron chi connectivity index (χ3n) is 2.71. The first kappa shape index (κ1) is 12.2. The van der Waals surface area contributed by atoms with Gasteiger partial charge in [-0.05, 0) is 24.3 Å². The first-order valence-electron chi connectivity index (χ1n) is 5.79. The van der Waals surface area contributed by atoms with E-state index in [4.69, 9.17) is 5.73 Å². The van der Waals surface area contributed by atoms with E-state index in [9.17, 15) is 4.79 Å². The molecule has 0 bridgehead atoms. The molecule has 4 N–H and O–H groups in total. The molecule has 0 saturated heterocycles. The number of nitrogens with two attached hydrogens (primary N) is 1. The molecule has 5 heteroatoms. The molecule has 0 unspecified atom stereocenters. The molecule has 18 heavy (non-hydrogen) atoms. The zero-order chi connectivity index (χ0) is 13.0. The average molecular weight is 244 g/mol. The van der Waals surface area contributed by atoms with E-state index in [1.165, 1.54) is 0 Å². The summed E-state index contributed by atoms with van der Waals surface area (Å²) >= 11 is 0. The molecule has 2 rings (SSSR count). The number of carbonyl (C=O) groups excluding carboxylic acids is 1. The zero-order valence-corrected chi connectivity index (χ0v) is 10.2. The van der Waals surface area contributed by atoms with Crippen LogP contribution < -0.4 is 16.4 Å². The number of nitrogens with zero attached hydrogens (tertiary/aromatic N) is 1. The second-order valence-electron chi connectivity index (χ2n) is 3.99. The highest BCUT2D eigenvalue weighted by Gasteiger charge is 2.03. The third-order valence-corrected chi connectivity index (χ3v) is 2.71. The molecule has 0 aliphatic rings. The molecule has 1 aromatic heterocycles. The van der Waals surface area contributed by atoms with Crippen LogP contribution in [0.5, 0.6) is 0 Å². The number of carbonyl (C=O) groups is 1. The van der Waals surface area contributed by atoms with Crippen LogP contribution in [0.2, 0.25) is 0 Å². The number of fused-ring (bicyclic) bond motifs is 1. The lowest BCUT2D eigenvalue weighted by molar-refractivity contribution is -0.120. The van der Waals surface area contributed by atoms with Crippen LogP contribution in [-0.4, -0.2) is 24.5 Å². The van der Waals surface area contributed by atoms with Crippen LogP contribution in [0.3, 0.4) is 0 Å². The number of nitrogen functional groups attached to an aromatic ring is 1. The van der Waals surface area contributed by atoms with Crippen LogP contribution in [0.25, 0.3) is 10.9 Å². The Morgan fingerprint density at radius 2 is 2.22 bits per heavy atom. The van der Waals surface area contributed by atoms with Gasteiger partial charge >= 0.3 is 0 Å². The van der Waals surface area contributed by atoms with E-state index >= 15 is 0 Å². The van der Waals surface area contributed by atoms with E-state index in [1.54, 1.807) is 13.2 Å². The van der Waals surface area contributed by atoms with Crippen molar-refractivity contribution in [3.05, 3.63) is 30.5 Å². The predicted molar refractivity (Wildman–Crippen MR) is 73.3 cm³/mol. The summed E-state index contributed by atoms with van der Waals surface area (Å²) in [6.07, 6.45) is 2.17. The van der Waals surface area contributed by atoms with Crippen molar-refractivity contribution in [1.82, 2.24) is 10.3 Å². The molecule has 0 aliphatic heterocycles. The molecular formula is C13H16N4O. The second kappa shape index (κ2) is 5.35. The molecule has 0 aliphatic carbocycles. The molecule has 1 heterocycles. The lowest BCUT2D eigenvalue weighted by Crippen LogP contribution is -2.20. The van der Waals surface area contributed by atoms with Gasteiger partial charge in [-0.25, -0.2) is 0 Å². The minimum Gasteiger partial charge on any atom is -0.399 e. The topological polar surface area (TPSA) is 80.0 Å². The molecule has 94 valence electrons. The van der Waals surface area contributed by atoms with E-state index in [1.807, 2.05) is 24.3 Å². The monoisotopic (exact) mass is 244 g/mol. The number of hydrogen-bond acceptors (Lipinski definition) is 4. The molecule has 2 aromatic rings. The maximum absolute atomic E-state index is 11.1. The Kier molecular flexibility index (Phi) is 3.62. The summed E-state index contributed by atoms with van der Waals surface area (Å²) in [5.74, 6) is 0.0186. The Morgan fingerprint density at radius 3 is 3.00 bits per heavy atom. The van der Waals surface area contributed by atoms with E-state index in [0.717, 1.165) is 16.6 Å². The van der Waals surface area contributed by atoms with Gasteiger partial charge in [0.15, 0.2) is 0 Å². The molecular weight excluding hydrogens is 228 g/mol. The van der Waals surface area contributed by atoms with Crippen LogP contribution in [0.4, 0.5) is 11.4 Å². The van der Waals surface area contributed by atoms with E-state index in [2.05, 4.69) is 15.6 Å². The molecule has 5 nitrogen and oxygen atoms in total. The van der Waals surface area contributed by atoms with Gasteiger partial charge in [0.2, 0.25) is 5.91 Å². The van der Waals surface area contributed by atoms with Crippen molar-refractivity contribution in [2.75, 3.05) is 24.6 Å². The van der Waals surface area contributed by atoms with Gasteiger partial charge in [-0.3, -0.25) is 9.78 Å². The van der Waals surface area contributed by atoms with Gasteiger partial charge < -0.3 is 16.4 Å². The number of hydrogen-bond donors (Lipinski definition) is 3. The van der Waals surface area contributed by atoms with E-state index in [0.29, 0.717) is 18.7 Å². The highest BCUT2D eigenvalue weighted by molar-refractivity contribution is 5.92. The van der Waals surface area contributed by atoms with Gasteiger partial charge in [-0.2, -0.15) is 0 Å². The van der Waals surface area contributed by atoms with Crippen LogP contribution >= 0.6 is 0 Å². The fourth-order valence-corrected chi connectivity index (χ4v) is 1.75. The molecule has 1 aromatic carbocycles.